The molecule has 0 aliphatic rings. The molecule has 0 bridgehead atoms. The van der Waals surface area contributed by atoms with Crippen LogP contribution in [0.25, 0.3) is 0 Å². The fraction of sp³-hybridized carbons (Fsp3) is 0.471. The summed E-state index contributed by atoms with van der Waals surface area (Å²) in [6, 6.07) is -3.75. The van der Waals surface area contributed by atoms with E-state index < -0.39 is 74.6 Å². The molecule has 0 N–H and O–H groups in total. The maximum absolute atomic E-state index is 15.1. The number of benzene rings is 1. The molecule has 0 radical (unpaired) electrons. The number of nitrogens with zero attached hydrogens (tertiary/aromatic N) is 4. The van der Waals surface area contributed by atoms with Crippen molar-refractivity contribution in [3.63, 3.8) is 0 Å². The molecule has 1 aromatic heterocycles. The van der Waals surface area contributed by atoms with E-state index >= 15 is 8.78 Å². The minimum Gasteiger partial charge on any atom is -0.244 e. The monoisotopic (exact) mass is 654 g/mol. The van der Waals surface area contributed by atoms with Gasteiger partial charge in [0.05, 0.1) is 0 Å². The predicted molar refractivity (Wildman–Crippen MR) is 104 cm³/mol. The minimum absolute atomic E-state index is 0.382. The number of hydrogen-bond acceptors (Lipinski definition) is 6. The number of anilines is 2. The molecule has 0 atom stereocenters. The van der Waals surface area contributed by atoms with Crippen molar-refractivity contribution in [2.24, 2.45) is 0 Å². The number of aromatic nitrogens is 3. The van der Waals surface area contributed by atoms with E-state index in [0.29, 0.717) is 12.1 Å². The number of halogens is 17. The molecule has 4 nitrogen and oxygen atoms in total. The molecule has 0 saturated heterocycles. The SMILES string of the molecule is FC(F)(F)C(F)(F)C(F)(F)C(F)(F)C(F)(F)C(F)(F)C(F)(F)C(F)(F)N(c1ccccc1)c1nc(S)nc(S)n1. The van der Waals surface area contributed by atoms with Crippen LogP contribution in [0.15, 0.2) is 40.6 Å². The molecular formula is C17H7F17N4S2. The molecule has 0 fully saturated rings. The van der Waals surface area contributed by atoms with Gasteiger partial charge in [-0.05, 0) is 12.1 Å². The number of para-hydroxylation sites is 1. The molecule has 0 spiro atoms. The van der Waals surface area contributed by atoms with Gasteiger partial charge in [0.2, 0.25) is 5.95 Å². The Hall–Kier alpha value is -2.46. The smallest absolute Gasteiger partial charge is 0.244 e. The fourth-order valence-corrected chi connectivity index (χ4v) is 3.17. The topological polar surface area (TPSA) is 41.9 Å². The third-order valence-electron chi connectivity index (χ3n) is 4.80. The Morgan fingerprint density at radius 3 is 1.20 bits per heavy atom. The van der Waals surface area contributed by atoms with Crippen LogP contribution >= 0.6 is 25.3 Å². The molecule has 1 aromatic carbocycles. The summed E-state index contributed by atoms with van der Waals surface area (Å²) in [5.41, 5.74) is -1.39. The summed E-state index contributed by atoms with van der Waals surface area (Å²) in [6.45, 7) is 0. The lowest BCUT2D eigenvalue weighted by Gasteiger charge is -2.44. The van der Waals surface area contributed by atoms with E-state index in [1.807, 2.05) is 0 Å². The summed E-state index contributed by atoms with van der Waals surface area (Å²) in [6.07, 6.45) is -7.84. The van der Waals surface area contributed by atoms with E-state index in [0.717, 1.165) is 18.2 Å². The first-order valence-electron chi connectivity index (χ1n) is 9.33. The van der Waals surface area contributed by atoms with E-state index in [-0.39, 0.29) is 0 Å². The fourth-order valence-electron chi connectivity index (χ4n) is 2.72. The van der Waals surface area contributed by atoms with E-state index in [9.17, 15) is 65.9 Å². The van der Waals surface area contributed by atoms with Crippen molar-refractivity contribution in [2.45, 2.75) is 58.1 Å². The lowest BCUT2D eigenvalue weighted by atomic mass is 9.90. The van der Waals surface area contributed by atoms with Crippen LogP contribution in [0.3, 0.4) is 0 Å². The van der Waals surface area contributed by atoms with Crippen molar-refractivity contribution in [2.75, 3.05) is 4.90 Å². The third kappa shape index (κ3) is 4.74. The quantitative estimate of drug-likeness (QED) is 0.167. The van der Waals surface area contributed by atoms with Gasteiger partial charge in [-0.3, -0.25) is 0 Å². The Balaban J connectivity index is 2.82. The van der Waals surface area contributed by atoms with Crippen molar-refractivity contribution in [3.8, 4) is 0 Å². The van der Waals surface area contributed by atoms with Gasteiger partial charge in [0.25, 0.3) is 0 Å². The van der Waals surface area contributed by atoms with E-state index in [1.54, 1.807) is 0 Å². The lowest BCUT2D eigenvalue weighted by Crippen LogP contribution is -2.75. The first kappa shape index (κ1) is 33.7. The highest BCUT2D eigenvalue weighted by atomic mass is 32.1. The van der Waals surface area contributed by atoms with Gasteiger partial charge in [-0.25, -0.2) is 4.90 Å². The molecule has 1 heterocycles. The Bertz CT molecular complexity index is 1200. The molecule has 0 saturated carbocycles. The van der Waals surface area contributed by atoms with Crippen molar-refractivity contribution in [3.05, 3.63) is 30.3 Å². The van der Waals surface area contributed by atoms with Crippen LogP contribution in [0.4, 0.5) is 86.3 Å². The van der Waals surface area contributed by atoms with Crippen molar-refractivity contribution in [1.29, 1.82) is 0 Å². The van der Waals surface area contributed by atoms with Crippen LogP contribution in [0.2, 0.25) is 0 Å². The molecule has 0 amide bonds. The Kier molecular flexibility index (Phi) is 8.29. The van der Waals surface area contributed by atoms with Gasteiger partial charge >= 0.3 is 47.8 Å². The molecule has 0 unspecified atom stereocenters. The second-order valence-corrected chi connectivity index (χ2v) is 8.19. The molecule has 23 heteroatoms. The molecule has 0 aliphatic heterocycles. The molecule has 0 aliphatic carbocycles. The highest BCUT2D eigenvalue weighted by Gasteiger charge is 2.95. The second-order valence-electron chi connectivity index (χ2n) is 7.39. The Morgan fingerprint density at radius 1 is 0.475 bits per heavy atom. The number of rotatable bonds is 9. The number of thiol groups is 2. The van der Waals surface area contributed by atoms with Crippen molar-refractivity contribution < 1.29 is 74.6 Å². The summed E-state index contributed by atoms with van der Waals surface area (Å²) < 4.78 is 233. The van der Waals surface area contributed by atoms with Crippen LogP contribution in [0.5, 0.6) is 0 Å². The van der Waals surface area contributed by atoms with Crippen LogP contribution in [-0.2, 0) is 0 Å². The molecule has 2 rings (SSSR count). The zero-order valence-corrected chi connectivity index (χ0v) is 19.8. The summed E-state index contributed by atoms with van der Waals surface area (Å²) in [4.78, 5) is 7.70. The van der Waals surface area contributed by atoms with Gasteiger partial charge in [-0.15, -0.1) is 25.3 Å². The highest BCUT2D eigenvalue weighted by Crippen LogP contribution is 2.64. The van der Waals surface area contributed by atoms with Gasteiger partial charge < -0.3 is 0 Å². The standard InChI is InChI=1S/C17H7F17N4S2/c18-10(19,12(22,23)14(26,27)16(30,31)32)11(20,21)13(24,25)15(28,29)17(33,34)38(6-4-2-1-3-5-6)7-35-8(39)37-9(40)36-7/h1-5H,(H2,35,36,37,39,40). The van der Waals surface area contributed by atoms with E-state index in [4.69, 9.17) is 0 Å². The van der Waals surface area contributed by atoms with Gasteiger partial charge in [0.15, 0.2) is 10.3 Å². The zero-order chi connectivity index (χ0) is 31.5. The van der Waals surface area contributed by atoms with Gasteiger partial charge in [0, 0.05) is 5.69 Å². The molecule has 2 aromatic rings. The largest absolute Gasteiger partial charge is 0.460 e. The maximum atomic E-state index is 15.1. The Morgan fingerprint density at radius 2 is 0.825 bits per heavy atom. The maximum Gasteiger partial charge on any atom is 0.460 e. The minimum atomic E-state index is -8.75. The molecule has 226 valence electrons. The average Bonchev–Trinajstić information content (AvgIpc) is 2.77. The molecular weight excluding hydrogens is 647 g/mol. The lowest BCUT2D eigenvalue weighted by molar-refractivity contribution is -0.461. The third-order valence-corrected chi connectivity index (χ3v) is 5.20. The molecule has 40 heavy (non-hydrogen) atoms. The van der Waals surface area contributed by atoms with E-state index in [2.05, 4.69) is 40.2 Å². The summed E-state index contributed by atoms with van der Waals surface area (Å²) in [5, 5.41) is -1.93. The first-order chi connectivity index (χ1) is 17.6. The second kappa shape index (κ2) is 9.82. The summed E-state index contributed by atoms with van der Waals surface area (Å²) >= 11 is 6.88. The van der Waals surface area contributed by atoms with Crippen molar-refractivity contribution in [1.82, 2.24) is 15.0 Å². The van der Waals surface area contributed by atoms with Gasteiger partial charge in [-0.1, -0.05) is 18.2 Å². The van der Waals surface area contributed by atoms with Crippen LogP contribution in [0, 0.1) is 0 Å². The van der Waals surface area contributed by atoms with Gasteiger partial charge in [-0.2, -0.15) is 89.6 Å². The number of hydrogen-bond donors (Lipinski definition) is 2. The number of alkyl halides is 17. The van der Waals surface area contributed by atoms with Crippen LogP contribution < -0.4 is 4.90 Å². The van der Waals surface area contributed by atoms with E-state index in [1.165, 1.54) is 0 Å². The first-order valence-corrected chi connectivity index (χ1v) is 10.2. The average molecular weight is 654 g/mol. The highest BCUT2D eigenvalue weighted by molar-refractivity contribution is 7.80. The van der Waals surface area contributed by atoms with Crippen LogP contribution in [0.1, 0.15) is 0 Å². The predicted octanol–water partition coefficient (Wildman–Crippen LogP) is 7.55. The Labute approximate surface area is 220 Å². The van der Waals surface area contributed by atoms with Gasteiger partial charge in [0.1, 0.15) is 0 Å². The normalized spacial score (nSPS) is 14.9. The zero-order valence-electron chi connectivity index (χ0n) is 18.0. The van der Waals surface area contributed by atoms with Crippen LogP contribution in [-0.4, -0.2) is 62.7 Å². The summed E-state index contributed by atoms with van der Waals surface area (Å²) in [5.74, 6) is -52.7. The summed E-state index contributed by atoms with van der Waals surface area (Å²) in [7, 11) is 0. The van der Waals surface area contributed by atoms with Crippen molar-refractivity contribution >= 4 is 36.9 Å².